The fourth-order valence-corrected chi connectivity index (χ4v) is 3.35. The normalized spacial score (nSPS) is 15.0. The van der Waals surface area contributed by atoms with Gasteiger partial charge < -0.3 is 14.8 Å². The second kappa shape index (κ2) is 9.63. The first-order chi connectivity index (χ1) is 12.4. The molecule has 1 aromatic carbocycles. The largest absolute Gasteiger partial charge is 0.490 e. The monoisotopic (exact) mass is 420 g/mol. The van der Waals surface area contributed by atoms with Crippen LogP contribution in [-0.4, -0.2) is 24.7 Å². The van der Waals surface area contributed by atoms with E-state index in [9.17, 15) is 10.1 Å². The molecule has 0 unspecified atom stereocenters. The molecule has 0 spiro atoms. The lowest BCUT2D eigenvalue weighted by Gasteiger charge is -2.16. The number of halogens is 1. The summed E-state index contributed by atoms with van der Waals surface area (Å²) in [5.74, 6) is 0.885. The number of nitrogens with one attached hydrogen (secondary N) is 1. The summed E-state index contributed by atoms with van der Waals surface area (Å²) in [7, 11) is 0. The Morgan fingerprint density at radius 3 is 2.65 bits per heavy atom. The minimum Gasteiger partial charge on any atom is -0.490 e. The molecule has 2 rings (SSSR count). The van der Waals surface area contributed by atoms with Crippen molar-refractivity contribution in [2.24, 2.45) is 0 Å². The summed E-state index contributed by atoms with van der Waals surface area (Å²) in [4.78, 5) is 12.4. The molecule has 0 aromatic heterocycles. The highest BCUT2D eigenvalue weighted by Crippen LogP contribution is 2.35. The summed E-state index contributed by atoms with van der Waals surface area (Å²) in [5.41, 5.74) is 0.778. The van der Waals surface area contributed by atoms with Gasteiger partial charge in [0.25, 0.3) is 5.91 Å². The Kier molecular flexibility index (Phi) is 7.52. The molecule has 1 N–H and O–H groups in total. The Morgan fingerprint density at radius 2 is 2.08 bits per heavy atom. The Labute approximate surface area is 163 Å². The van der Waals surface area contributed by atoms with E-state index < -0.39 is 0 Å². The van der Waals surface area contributed by atoms with E-state index in [1.165, 1.54) is 0 Å². The molecule has 0 saturated heterocycles. The van der Waals surface area contributed by atoms with Gasteiger partial charge in [0.1, 0.15) is 11.6 Å². The van der Waals surface area contributed by atoms with E-state index in [-0.39, 0.29) is 23.6 Å². The first-order valence-corrected chi connectivity index (χ1v) is 9.79. The van der Waals surface area contributed by atoms with Crippen molar-refractivity contribution in [2.45, 2.75) is 58.6 Å². The van der Waals surface area contributed by atoms with Crippen LogP contribution in [0, 0.1) is 11.3 Å². The second-order valence-electron chi connectivity index (χ2n) is 6.54. The number of rotatable bonds is 7. The predicted molar refractivity (Wildman–Crippen MR) is 105 cm³/mol. The number of nitrogens with zero attached hydrogens (tertiary/aromatic N) is 1. The zero-order chi connectivity index (χ0) is 19.1. The lowest BCUT2D eigenvalue weighted by molar-refractivity contribution is -0.117. The van der Waals surface area contributed by atoms with Gasteiger partial charge >= 0.3 is 0 Å². The number of nitriles is 1. The lowest BCUT2D eigenvalue weighted by atomic mass is 10.1. The molecule has 26 heavy (non-hydrogen) atoms. The summed E-state index contributed by atoms with van der Waals surface area (Å²) in [5, 5.41) is 12.4. The molecule has 0 atom stereocenters. The van der Waals surface area contributed by atoms with Crippen LogP contribution in [0.2, 0.25) is 0 Å². The first-order valence-electron chi connectivity index (χ1n) is 9.00. The van der Waals surface area contributed by atoms with Crippen molar-refractivity contribution in [1.29, 1.82) is 5.26 Å². The quantitative estimate of drug-likeness (QED) is 0.516. The molecule has 1 saturated carbocycles. The van der Waals surface area contributed by atoms with Crippen LogP contribution < -0.4 is 14.8 Å². The third-order valence-electron chi connectivity index (χ3n) is 4.08. The molecule has 1 aromatic rings. The van der Waals surface area contributed by atoms with E-state index in [0.717, 1.165) is 30.2 Å². The maximum atomic E-state index is 12.4. The number of hydrogen-bond acceptors (Lipinski definition) is 4. The average Bonchev–Trinajstić information content (AvgIpc) is 3.08. The first kappa shape index (κ1) is 20.3. The van der Waals surface area contributed by atoms with Gasteiger partial charge in [0.15, 0.2) is 11.5 Å². The van der Waals surface area contributed by atoms with Crippen molar-refractivity contribution in [3.8, 4) is 17.6 Å². The van der Waals surface area contributed by atoms with E-state index in [2.05, 4.69) is 21.2 Å². The van der Waals surface area contributed by atoms with Crippen molar-refractivity contribution >= 4 is 27.9 Å². The van der Waals surface area contributed by atoms with Gasteiger partial charge in [-0.2, -0.15) is 5.26 Å². The average molecular weight is 421 g/mol. The number of carbonyl (C=O) groups is 1. The molecule has 1 amide bonds. The van der Waals surface area contributed by atoms with Crippen LogP contribution >= 0.6 is 15.9 Å². The van der Waals surface area contributed by atoms with Gasteiger partial charge in [-0.3, -0.25) is 4.79 Å². The van der Waals surface area contributed by atoms with Crippen molar-refractivity contribution in [2.75, 3.05) is 6.61 Å². The zero-order valence-corrected chi connectivity index (χ0v) is 17.1. The Bertz CT molecular complexity index is 717. The van der Waals surface area contributed by atoms with Crippen LogP contribution in [0.4, 0.5) is 0 Å². The molecule has 0 radical (unpaired) electrons. The smallest absolute Gasteiger partial charge is 0.262 e. The van der Waals surface area contributed by atoms with Gasteiger partial charge in [0, 0.05) is 10.5 Å². The maximum absolute atomic E-state index is 12.4. The van der Waals surface area contributed by atoms with Crippen LogP contribution in [0.1, 0.15) is 52.0 Å². The van der Waals surface area contributed by atoms with Crippen LogP contribution in [0.15, 0.2) is 22.2 Å². The van der Waals surface area contributed by atoms with Gasteiger partial charge in [-0.25, -0.2) is 0 Å². The Balaban J connectivity index is 2.29. The third kappa shape index (κ3) is 5.50. The molecule has 0 heterocycles. The fourth-order valence-electron chi connectivity index (χ4n) is 2.91. The summed E-state index contributed by atoms with van der Waals surface area (Å²) in [6, 6.07) is 5.77. The Morgan fingerprint density at radius 1 is 1.38 bits per heavy atom. The molecular formula is C20H25BrN2O3. The van der Waals surface area contributed by atoms with Crippen molar-refractivity contribution in [1.82, 2.24) is 5.32 Å². The van der Waals surface area contributed by atoms with E-state index in [1.807, 2.05) is 26.8 Å². The molecule has 6 heteroatoms. The topological polar surface area (TPSA) is 71.3 Å². The van der Waals surface area contributed by atoms with Gasteiger partial charge in [0.2, 0.25) is 0 Å². The summed E-state index contributed by atoms with van der Waals surface area (Å²) in [6.07, 6.45) is 5.78. The maximum Gasteiger partial charge on any atom is 0.262 e. The highest BCUT2D eigenvalue weighted by Gasteiger charge is 2.20. The van der Waals surface area contributed by atoms with Crippen LogP contribution in [-0.2, 0) is 4.79 Å². The second-order valence-corrected chi connectivity index (χ2v) is 7.40. The number of carbonyl (C=O) groups excluding carboxylic acids is 1. The lowest BCUT2D eigenvalue weighted by Crippen LogP contribution is -2.33. The molecule has 0 bridgehead atoms. The van der Waals surface area contributed by atoms with E-state index in [0.29, 0.717) is 23.7 Å². The Hall–Kier alpha value is -2.00. The van der Waals surface area contributed by atoms with Gasteiger partial charge in [-0.1, -0.05) is 28.8 Å². The highest BCUT2D eigenvalue weighted by atomic mass is 79.9. The number of hydrogen-bond donors (Lipinski definition) is 1. The van der Waals surface area contributed by atoms with Crippen LogP contribution in [0.25, 0.3) is 6.08 Å². The predicted octanol–water partition coefficient (Wildman–Crippen LogP) is 4.60. The molecule has 1 aliphatic rings. The summed E-state index contributed by atoms with van der Waals surface area (Å²) >= 11 is 3.50. The van der Waals surface area contributed by atoms with Crippen LogP contribution in [0.3, 0.4) is 0 Å². The minimum absolute atomic E-state index is 0.00866. The molecule has 1 aliphatic carbocycles. The number of amides is 1. The van der Waals surface area contributed by atoms with Gasteiger partial charge in [-0.15, -0.1) is 0 Å². The van der Waals surface area contributed by atoms with E-state index in [1.54, 1.807) is 18.2 Å². The third-order valence-corrected chi connectivity index (χ3v) is 4.77. The molecular weight excluding hydrogens is 396 g/mol. The summed E-state index contributed by atoms with van der Waals surface area (Å²) < 4.78 is 12.2. The van der Waals surface area contributed by atoms with Gasteiger partial charge in [0.05, 0.1) is 12.7 Å². The van der Waals surface area contributed by atoms with Crippen LogP contribution in [0.5, 0.6) is 11.5 Å². The molecule has 1 fully saturated rings. The SMILES string of the molecule is CCOc1cc(C=C(C#N)C(=O)NC2CCCC2)c(Br)cc1OC(C)C. The standard InChI is InChI=1S/C20H25BrN2O3/c1-4-25-18-10-14(17(21)11-19(18)26-13(2)3)9-15(12-22)20(24)23-16-7-5-6-8-16/h9-11,13,16H,4-8H2,1-3H3,(H,23,24). The highest BCUT2D eigenvalue weighted by molar-refractivity contribution is 9.10. The van der Waals surface area contributed by atoms with Crippen molar-refractivity contribution in [3.05, 3.63) is 27.7 Å². The fraction of sp³-hybridized carbons (Fsp3) is 0.500. The zero-order valence-electron chi connectivity index (χ0n) is 15.5. The molecule has 0 aliphatic heterocycles. The summed E-state index contributed by atoms with van der Waals surface area (Å²) in [6.45, 7) is 6.27. The number of ether oxygens (including phenoxy) is 2. The van der Waals surface area contributed by atoms with Crippen molar-refractivity contribution < 1.29 is 14.3 Å². The molecule has 5 nitrogen and oxygen atoms in total. The van der Waals surface area contributed by atoms with E-state index >= 15 is 0 Å². The number of benzene rings is 1. The van der Waals surface area contributed by atoms with Crippen molar-refractivity contribution in [3.63, 3.8) is 0 Å². The van der Waals surface area contributed by atoms with Gasteiger partial charge in [-0.05, 0) is 57.4 Å². The van der Waals surface area contributed by atoms with E-state index in [4.69, 9.17) is 9.47 Å². The molecule has 140 valence electrons. The minimum atomic E-state index is -0.327.